The average Bonchev–Trinajstić information content (AvgIpc) is 3.02. The number of carbonyl (C=O) groups is 2. The zero-order chi connectivity index (χ0) is 22.3. The molecule has 0 aromatic heterocycles. The summed E-state index contributed by atoms with van der Waals surface area (Å²) in [6.45, 7) is 5.88. The Kier molecular flexibility index (Phi) is 6.11. The van der Waals surface area contributed by atoms with Crippen molar-refractivity contribution in [2.24, 2.45) is 17.8 Å². The lowest BCUT2D eigenvalue weighted by molar-refractivity contribution is -0.137. The fraction of sp³-hybridized carbons (Fsp3) is 0.600. The fourth-order valence-corrected chi connectivity index (χ4v) is 5.23. The van der Waals surface area contributed by atoms with Gasteiger partial charge in [0.2, 0.25) is 0 Å². The summed E-state index contributed by atoms with van der Waals surface area (Å²) >= 11 is 0. The van der Waals surface area contributed by atoms with Gasteiger partial charge in [-0.1, -0.05) is 26.0 Å². The second-order valence-corrected chi connectivity index (χ2v) is 9.63. The van der Waals surface area contributed by atoms with Crippen molar-refractivity contribution in [1.29, 1.82) is 0 Å². The van der Waals surface area contributed by atoms with E-state index in [1.54, 1.807) is 7.11 Å². The third kappa shape index (κ3) is 3.98. The molecule has 0 radical (unpaired) electrons. The number of amides is 1. The van der Waals surface area contributed by atoms with Gasteiger partial charge in [-0.3, -0.25) is 9.59 Å². The fourth-order valence-electron chi connectivity index (χ4n) is 5.23. The highest BCUT2D eigenvalue weighted by Crippen LogP contribution is 2.48. The Morgan fingerprint density at radius 3 is 2.42 bits per heavy atom. The van der Waals surface area contributed by atoms with Gasteiger partial charge in [0, 0.05) is 6.54 Å². The Balaban J connectivity index is 1.70. The van der Waals surface area contributed by atoms with Crippen LogP contribution in [0.1, 0.15) is 44.7 Å². The van der Waals surface area contributed by atoms with Crippen molar-refractivity contribution in [3.8, 4) is 5.75 Å². The zero-order valence-corrected chi connectivity index (χ0v) is 19.3. The molecule has 0 N–H and O–H groups in total. The Hall–Kier alpha value is -2.34. The smallest absolute Gasteiger partial charge is 0.290 e. The number of carbonyl (C=O) groups excluding carboxylic acids is 2. The van der Waals surface area contributed by atoms with Gasteiger partial charge in [-0.2, -0.15) is 0 Å². The van der Waals surface area contributed by atoms with Crippen molar-refractivity contribution in [2.75, 3.05) is 34.3 Å². The topological polar surface area (TPSA) is 59.1 Å². The summed E-state index contributed by atoms with van der Waals surface area (Å²) in [5.41, 5.74) is 1.49. The van der Waals surface area contributed by atoms with E-state index in [0.29, 0.717) is 29.7 Å². The summed E-state index contributed by atoms with van der Waals surface area (Å²) in [6, 6.07) is 7.29. The largest absolute Gasteiger partial charge is 0.497 e. The predicted molar refractivity (Wildman–Crippen MR) is 119 cm³/mol. The second kappa shape index (κ2) is 8.65. The first-order valence-corrected chi connectivity index (χ1v) is 11.4. The van der Waals surface area contributed by atoms with Crippen LogP contribution in [-0.4, -0.2) is 61.9 Å². The van der Waals surface area contributed by atoms with Crippen LogP contribution < -0.4 is 4.74 Å². The van der Waals surface area contributed by atoms with Gasteiger partial charge in [0.1, 0.15) is 11.9 Å². The van der Waals surface area contributed by atoms with E-state index in [0.717, 1.165) is 37.1 Å². The molecule has 1 amide bonds. The predicted octanol–water partition coefficient (Wildman–Crippen LogP) is 3.43. The van der Waals surface area contributed by atoms with E-state index in [1.165, 1.54) is 0 Å². The molecular formula is C25H34N2O4. The molecule has 0 spiro atoms. The number of ether oxygens (including phenoxy) is 2. The van der Waals surface area contributed by atoms with E-state index in [2.05, 4.69) is 18.7 Å². The van der Waals surface area contributed by atoms with Crippen LogP contribution in [0, 0.1) is 17.8 Å². The number of rotatable bonds is 6. The van der Waals surface area contributed by atoms with Crippen molar-refractivity contribution in [3.63, 3.8) is 0 Å². The lowest BCUT2D eigenvalue weighted by atomic mass is 9.70. The van der Waals surface area contributed by atoms with E-state index in [1.807, 2.05) is 43.3 Å². The standard InChI is InChI=1S/C25H34N2O4/c1-15-13-19-20(14-16(15)2)31-24-21(23(19)28)22(17-7-9-18(30-5)10-8-17)27(25(24)29)12-6-11-26(3)4/h7-10,15-16,19-20,22H,6,11-14H2,1-5H3. The van der Waals surface area contributed by atoms with Crippen LogP contribution in [-0.2, 0) is 14.3 Å². The maximum absolute atomic E-state index is 13.7. The normalized spacial score (nSPS) is 30.4. The number of ketones is 1. The van der Waals surface area contributed by atoms with Gasteiger partial charge in [0.05, 0.1) is 24.6 Å². The highest BCUT2D eigenvalue weighted by atomic mass is 16.5. The van der Waals surface area contributed by atoms with Crippen LogP contribution in [0.25, 0.3) is 0 Å². The molecule has 1 aromatic rings. The highest BCUT2D eigenvalue weighted by Gasteiger charge is 2.53. The molecule has 31 heavy (non-hydrogen) atoms. The molecule has 5 unspecified atom stereocenters. The summed E-state index contributed by atoms with van der Waals surface area (Å²) in [4.78, 5) is 31.1. The minimum absolute atomic E-state index is 0.106. The first-order chi connectivity index (χ1) is 14.8. The third-order valence-corrected chi connectivity index (χ3v) is 7.24. The second-order valence-electron chi connectivity index (χ2n) is 9.63. The molecule has 3 aliphatic rings. The molecule has 1 fully saturated rings. The van der Waals surface area contributed by atoms with E-state index in [-0.39, 0.29) is 23.7 Å². The molecule has 1 aliphatic carbocycles. The molecule has 5 atom stereocenters. The number of benzene rings is 1. The van der Waals surface area contributed by atoms with Crippen molar-refractivity contribution >= 4 is 11.7 Å². The molecule has 6 nitrogen and oxygen atoms in total. The van der Waals surface area contributed by atoms with E-state index in [4.69, 9.17) is 9.47 Å². The van der Waals surface area contributed by atoms with Crippen molar-refractivity contribution in [3.05, 3.63) is 41.2 Å². The van der Waals surface area contributed by atoms with Gasteiger partial charge in [-0.05, 0) is 69.4 Å². The molecule has 4 rings (SSSR count). The number of Topliss-reactive ketones (excluding diaryl/α,β-unsaturated/α-hetero) is 1. The van der Waals surface area contributed by atoms with Crippen LogP contribution in [0.3, 0.4) is 0 Å². The lowest BCUT2D eigenvalue weighted by Gasteiger charge is -2.40. The van der Waals surface area contributed by atoms with Crippen LogP contribution >= 0.6 is 0 Å². The van der Waals surface area contributed by atoms with E-state index >= 15 is 0 Å². The first kappa shape index (κ1) is 21.9. The summed E-state index contributed by atoms with van der Waals surface area (Å²) < 4.78 is 11.6. The lowest BCUT2D eigenvalue weighted by Crippen LogP contribution is -2.43. The average molecular weight is 427 g/mol. The maximum Gasteiger partial charge on any atom is 0.290 e. The molecule has 0 saturated heterocycles. The molecule has 0 bridgehead atoms. The number of hydrogen-bond donors (Lipinski definition) is 0. The molecule has 2 aliphatic heterocycles. The van der Waals surface area contributed by atoms with E-state index in [9.17, 15) is 9.59 Å². The van der Waals surface area contributed by atoms with Crippen molar-refractivity contribution in [1.82, 2.24) is 9.80 Å². The quantitative estimate of drug-likeness (QED) is 0.698. The number of hydrogen-bond acceptors (Lipinski definition) is 5. The Bertz CT molecular complexity index is 876. The summed E-state index contributed by atoms with van der Waals surface area (Å²) in [5.74, 6) is 1.81. The number of nitrogens with zero attached hydrogens (tertiary/aromatic N) is 2. The molecule has 6 heteroatoms. The number of methoxy groups -OCH3 is 1. The SMILES string of the molecule is COc1ccc(C2C3=C(OC4CC(C)C(C)CC4C3=O)C(=O)N2CCCN(C)C)cc1. The van der Waals surface area contributed by atoms with Gasteiger partial charge < -0.3 is 19.3 Å². The molecule has 2 heterocycles. The van der Waals surface area contributed by atoms with Crippen molar-refractivity contribution in [2.45, 2.75) is 45.3 Å². The van der Waals surface area contributed by atoms with Crippen LogP contribution in [0.4, 0.5) is 0 Å². The minimum atomic E-state index is -0.390. The Morgan fingerprint density at radius 2 is 1.77 bits per heavy atom. The van der Waals surface area contributed by atoms with Gasteiger partial charge in [-0.15, -0.1) is 0 Å². The molecule has 1 saturated carbocycles. The maximum atomic E-state index is 13.7. The van der Waals surface area contributed by atoms with E-state index < -0.39 is 6.04 Å². The molecular weight excluding hydrogens is 392 g/mol. The van der Waals surface area contributed by atoms with Gasteiger partial charge >= 0.3 is 0 Å². The summed E-state index contributed by atoms with van der Waals surface area (Å²) in [7, 11) is 5.68. The van der Waals surface area contributed by atoms with Gasteiger partial charge in [0.15, 0.2) is 11.5 Å². The summed E-state index contributed by atoms with van der Waals surface area (Å²) in [5, 5.41) is 0. The highest BCUT2D eigenvalue weighted by molar-refractivity contribution is 6.11. The Labute approximate surface area is 185 Å². The molecule has 168 valence electrons. The van der Waals surface area contributed by atoms with Gasteiger partial charge in [0.25, 0.3) is 5.91 Å². The number of fused-ring (bicyclic) bond motifs is 1. The zero-order valence-electron chi connectivity index (χ0n) is 19.3. The first-order valence-electron chi connectivity index (χ1n) is 11.4. The third-order valence-electron chi connectivity index (χ3n) is 7.24. The monoisotopic (exact) mass is 426 g/mol. The van der Waals surface area contributed by atoms with Crippen LogP contribution in [0.5, 0.6) is 5.75 Å². The van der Waals surface area contributed by atoms with Crippen LogP contribution in [0.2, 0.25) is 0 Å². The Morgan fingerprint density at radius 1 is 1.10 bits per heavy atom. The van der Waals surface area contributed by atoms with Crippen LogP contribution in [0.15, 0.2) is 35.6 Å². The van der Waals surface area contributed by atoms with Crippen molar-refractivity contribution < 1.29 is 19.1 Å². The minimum Gasteiger partial charge on any atom is -0.497 e. The van der Waals surface area contributed by atoms with Gasteiger partial charge in [-0.25, -0.2) is 0 Å². The summed E-state index contributed by atoms with van der Waals surface area (Å²) in [6.07, 6.45) is 2.31. The molecule has 1 aromatic carbocycles.